The molecule has 1 unspecified atom stereocenters. The van der Waals surface area contributed by atoms with Gasteiger partial charge in [0.15, 0.2) is 5.82 Å². The third-order valence-corrected chi connectivity index (χ3v) is 3.83. The summed E-state index contributed by atoms with van der Waals surface area (Å²) in [6.07, 6.45) is 0.484. The molecule has 3 rings (SSSR count). The molecule has 0 saturated carbocycles. The molecule has 0 aliphatic rings. The van der Waals surface area contributed by atoms with Crippen molar-refractivity contribution < 1.29 is 4.92 Å². The van der Waals surface area contributed by atoms with Crippen molar-refractivity contribution in [2.75, 3.05) is 0 Å². The van der Waals surface area contributed by atoms with Gasteiger partial charge in [0, 0.05) is 23.6 Å². The number of hydrogen-bond acceptors (Lipinski definition) is 5. The maximum Gasteiger partial charge on any atom is 0.269 e. The van der Waals surface area contributed by atoms with E-state index in [1.54, 1.807) is 24.3 Å². The first-order valence-corrected chi connectivity index (χ1v) is 7.56. The molecule has 0 spiro atoms. The highest BCUT2D eigenvalue weighted by molar-refractivity contribution is 6.30. The topological polar surface area (TPSA) is 111 Å². The van der Waals surface area contributed by atoms with Gasteiger partial charge >= 0.3 is 0 Å². The van der Waals surface area contributed by atoms with Crippen LogP contribution >= 0.6 is 11.6 Å². The molecule has 0 saturated heterocycles. The molecule has 2 aromatic carbocycles. The lowest BCUT2D eigenvalue weighted by Gasteiger charge is -2.07. The van der Waals surface area contributed by atoms with E-state index in [0.717, 1.165) is 11.1 Å². The van der Waals surface area contributed by atoms with Crippen molar-refractivity contribution in [1.82, 2.24) is 15.2 Å². The van der Waals surface area contributed by atoms with Crippen LogP contribution < -0.4 is 5.73 Å². The van der Waals surface area contributed by atoms with Crippen LogP contribution in [0.4, 0.5) is 5.69 Å². The van der Waals surface area contributed by atoms with Gasteiger partial charge in [0.25, 0.3) is 5.69 Å². The molecule has 1 aromatic heterocycles. The number of non-ortho nitro benzene ring substituents is 1. The number of nitrogens with zero attached hydrogens (tertiary/aromatic N) is 3. The minimum Gasteiger partial charge on any atom is -0.318 e. The van der Waals surface area contributed by atoms with E-state index >= 15 is 0 Å². The molecule has 3 N–H and O–H groups in total. The minimum atomic E-state index is -0.455. The normalized spacial score (nSPS) is 12.1. The lowest BCUT2D eigenvalue weighted by molar-refractivity contribution is -0.384. The number of nitro benzene ring substituents is 1. The fraction of sp³-hybridized carbons (Fsp3) is 0.125. The van der Waals surface area contributed by atoms with Crippen molar-refractivity contribution in [1.29, 1.82) is 0 Å². The molecule has 0 aliphatic heterocycles. The Balaban J connectivity index is 1.73. The number of rotatable bonds is 5. The van der Waals surface area contributed by atoms with Crippen molar-refractivity contribution in [2.45, 2.75) is 12.5 Å². The Kier molecular flexibility index (Phi) is 4.54. The Hall–Kier alpha value is -2.77. The second-order valence-electron chi connectivity index (χ2n) is 5.27. The second-order valence-corrected chi connectivity index (χ2v) is 5.71. The lowest BCUT2D eigenvalue weighted by atomic mass is 10.1. The molecular weight excluding hydrogens is 330 g/mol. The Labute approximate surface area is 142 Å². The summed E-state index contributed by atoms with van der Waals surface area (Å²) >= 11 is 5.87. The van der Waals surface area contributed by atoms with Gasteiger partial charge in [0.1, 0.15) is 5.82 Å². The first-order chi connectivity index (χ1) is 11.5. The Bertz CT molecular complexity index is 846. The molecule has 24 heavy (non-hydrogen) atoms. The predicted molar refractivity (Wildman–Crippen MR) is 89.8 cm³/mol. The number of nitrogens with two attached hydrogens (primary N) is 1. The first-order valence-electron chi connectivity index (χ1n) is 7.18. The summed E-state index contributed by atoms with van der Waals surface area (Å²) in [7, 11) is 0. The molecule has 0 amide bonds. The molecule has 0 radical (unpaired) electrons. The first kappa shape index (κ1) is 16.1. The van der Waals surface area contributed by atoms with E-state index in [0.29, 0.717) is 23.1 Å². The zero-order valence-corrected chi connectivity index (χ0v) is 13.3. The molecule has 0 aliphatic carbocycles. The molecule has 122 valence electrons. The molecule has 7 nitrogen and oxygen atoms in total. The summed E-state index contributed by atoms with van der Waals surface area (Å²) in [5, 5.41) is 18.3. The number of halogens is 1. The Morgan fingerprint density at radius 2 is 1.83 bits per heavy atom. The van der Waals surface area contributed by atoms with Crippen LogP contribution in [-0.2, 0) is 6.42 Å². The van der Waals surface area contributed by atoms with E-state index in [9.17, 15) is 10.1 Å². The zero-order valence-electron chi connectivity index (χ0n) is 12.5. The summed E-state index contributed by atoms with van der Waals surface area (Å²) in [6.45, 7) is 0. The number of aromatic amines is 1. The van der Waals surface area contributed by atoms with Crippen molar-refractivity contribution in [2.24, 2.45) is 5.73 Å². The van der Waals surface area contributed by atoms with E-state index in [1.807, 2.05) is 12.1 Å². The van der Waals surface area contributed by atoms with Crippen molar-refractivity contribution in [3.05, 3.63) is 86.4 Å². The third kappa shape index (κ3) is 3.58. The largest absolute Gasteiger partial charge is 0.318 e. The van der Waals surface area contributed by atoms with Crippen LogP contribution in [0.15, 0.2) is 48.5 Å². The van der Waals surface area contributed by atoms with Gasteiger partial charge in [-0.15, -0.1) is 0 Å². The van der Waals surface area contributed by atoms with Gasteiger partial charge in [0.05, 0.1) is 11.0 Å². The van der Waals surface area contributed by atoms with Gasteiger partial charge in [-0.25, -0.2) is 4.98 Å². The van der Waals surface area contributed by atoms with Gasteiger partial charge in [0.2, 0.25) is 0 Å². The number of nitrogens with one attached hydrogen (secondary N) is 1. The number of H-pyrrole nitrogens is 1. The van der Waals surface area contributed by atoms with E-state index in [-0.39, 0.29) is 5.69 Å². The maximum absolute atomic E-state index is 10.7. The summed E-state index contributed by atoms with van der Waals surface area (Å²) in [5.74, 6) is 1.12. The molecule has 8 heteroatoms. The highest BCUT2D eigenvalue weighted by atomic mass is 35.5. The number of nitro groups is 1. The van der Waals surface area contributed by atoms with Crippen molar-refractivity contribution >= 4 is 17.3 Å². The number of hydrogen-bond donors (Lipinski definition) is 2. The monoisotopic (exact) mass is 343 g/mol. The number of benzene rings is 2. The molecular formula is C16H14ClN5O2. The fourth-order valence-corrected chi connectivity index (χ4v) is 2.40. The Morgan fingerprint density at radius 1 is 1.17 bits per heavy atom. The maximum atomic E-state index is 10.7. The molecule has 0 fully saturated rings. The van der Waals surface area contributed by atoms with Gasteiger partial charge in [-0.3, -0.25) is 15.2 Å². The zero-order chi connectivity index (χ0) is 17.1. The predicted octanol–water partition coefficient (Wildman–Crippen LogP) is 3.01. The van der Waals surface area contributed by atoms with Crippen LogP contribution in [0, 0.1) is 10.1 Å². The van der Waals surface area contributed by atoms with Crippen LogP contribution in [0.5, 0.6) is 0 Å². The molecule has 1 atom stereocenters. The smallest absolute Gasteiger partial charge is 0.269 e. The van der Waals surface area contributed by atoms with Crippen molar-refractivity contribution in [3.63, 3.8) is 0 Å². The quantitative estimate of drug-likeness (QED) is 0.546. The van der Waals surface area contributed by atoms with Crippen LogP contribution in [0.1, 0.15) is 28.8 Å². The van der Waals surface area contributed by atoms with Gasteiger partial charge in [-0.1, -0.05) is 35.9 Å². The minimum absolute atomic E-state index is 0.0572. The molecule has 3 aromatic rings. The average molecular weight is 344 g/mol. The fourth-order valence-electron chi connectivity index (χ4n) is 2.28. The van der Waals surface area contributed by atoms with Gasteiger partial charge in [-0.05, 0) is 23.3 Å². The lowest BCUT2D eigenvalue weighted by Crippen LogP contribution is -2.13. The standard InChI is InChI=1S/C16H14ClN5O2/c17-12-5-3-11(4-6-12)15(18)16-19-14(20-21-16)9-10-1-7-13(8-2-10)22(23)24/h1-8,15H,9,18H2,(H,19,20,21). The van der Waals surface area contributed by atoms with Crippen LogP contribution in [0.25, 0.3) is 0 Å². The van der Waals surface area contributed by atoms with E-state index in [1.165, 1.54) is 12.1 Å². The van der Waals surface area contributed by atoms with E-state index < -0.39 is 11.0 Å². The van der Waals surface area contributed by atoms with Crippen LogP contribution in [0.2, 0.25) is 5.02 Å². The number of aromatic nitrogens is 3. The summed E-state index contributed by atoms with van der Waals surface area (Å²) in [5.41, 5.74) is 7.97. The highest BCUT2D eigenvalue weighted by Gasteiger charge is 2.15. The highest BCUT2D eigenvalue weighted by Crippen LogP contribution is 2.19. The van der Waals surface area contributed by atoms with Gasteiger partial charge < -0.3 is 5.73 Å². The summed E-state index contributed by atoms with van der Waals surface area (Å²) < 4.78 is 0. The third-order valence-electron chi connectivity index (χ3n) is 3.58. The SMILES string of the molecule is NC(c1ccc(Cl)cc1)c1n[nH]c(Cc2ccc([N+](=O)[O-])cc2)n1. The van der Waals surface area contributed by atoms with Crippen LogP contribution in [-0.4, -0.2) is 20.1 Å². The van der Waals surface area contributed by atoms with E-state index in [4.69, 9.17) is 17.3 Å². The second kappa shape index (κ2) is 6.77. The van der Waals surface area contributed by atoms with Crippen molar-refractivity contribution in [3.8, 4) is 0 Å². The average Bonchev–Trinajstić information content (AvgIpc) is 3.04. The van der Waals surface area contributed by atoms with E-state index in [2.05, 4.69) is 15.2 Å². The van der Waals surface area contributed by atoms with Crippen LogP contribution in [0.3, 0.4) is 0 Å². The molecule has 0 bridgehead atoms. The Morgan fingerprint density at radius 3 is 2.46 bits per heavy atom. The molecule has 1 heterocycles. The summed E-state index contributed by atoms with van der Waals surface area (Å²) in [6, 6.07) is 13.1. The van der Waals surface area contributed by atoms with Gasteiger partial charge in [-0.2, -0.15) is 5.10 Å². The summed E-state index contributed by atoms with van der Waals surface area (Å²) in [4.78, 5) is 14.6.